The van der Waals surface area contributed by atoms with Gasteiger partial charge in [0.05, 0.1) is 4.92 Å². The van der Waals surface area contributed by atoms with Gasteiger partial charge < -0.3 is 21.1 Å². The molecule has 1 aromatic rings. The molecule has 1 aromatic carbocycles. The normalized spacial score (nSPS) is 12.2. The molecule has 144 valence electrons. The van der Waals surface area contributed by atoms with Crippen LogP contribution < -0.4 is 16.4 Å². The molecule has 1 unspecified atom stereocenters. The largest absolute Gasteiger partial charge is 0.444 e. The standard InChI is InChI=1S/C17H26N4O5/c1-11(6-5-9-19-16(23)26-17(2,3)4)20-13-8-7-12(15(18)22)10-14(13)21(24)25/h7-8,10-11,20H,5-6,9H2,1-4H3,(H2,18,22)(H,19,23). The Morgan fingerprint density at radius 1 is 1.35 bits per heavy atom. The van der Waals surface area contributed by atoms with E-state index in [1.807, 2.05) is 6.92 Å². The Balaban J connectivity index is 2.53. The van der Waals surface area contributed by atoms with Gasteiger partial charge >= 0.3 is 6.09 Å². The quantitative estimate of drug-likeness (QED) is 0.367. The number of primary amides is 1. The van der Waals surface area contributed by atoms with Crippen molar-refractivity contribution in [2.75, 3.05) is 11.9 Å². The number of carbonyl (C=O) groups is 2. The summed E-state index contributed by atoms with van der Waals surface area (Å²) in [6, 6.07) is 3.98. The van der Waals surface area contributed by atoms with Crippen LogP contribution in [0, 0.1) is 10.1 Å². The summed E-state index contributed by atoms with van der Waals surface area (Å²) in [5, 5.41) is 16.9. The summed E-state index contributed by atoms with van der Waals surface area (Å²) in [5.74, 6) is -0.721. The lowest BCUT2D eigenvalue weighted by atomic mass is 10.1. The van der Waals surface area contributed by atoms with Crippen LogP contribution in [0.1, 0.15) is 50.9 Å². The van der Waals surface area contributed by atoms with E-state index in [1.54, 1.807) is 20.8 Å². The van der Waals surface area contributed by atoms with Crippen LogP contribution in [0.3, 0.4) is 0 Å². The van der Waals surface area contributed by atoms with Crippen LogP contribution in [-0.2, 0) is 4.74 Å². The van der Waals surface area contributed by atoms with Crippen molar-refractivity contribution in [3.63, 3.8) is 0 Å². The zero-order chi connectivity index (χ0) is 19.9. The molecule has 0 bridgehead atoms. The number of alkyl carbamates (subject to hydrolysis) is 1. The molecule has 0 aliphatic heterocycles. The average Bonchev–Trinajstić information content (AvgIpc) is 2.49. The molecule has 0 aliphatic carbocycles. The second-order valence-corrected chi connectivity index (χ2v) is 6.97. The molecule has 9 heteroatoms. The molecule has 1 atom stereocenters. The van der Waals surface area contributed by atoms with E-state index < -0.39 is 22.5 Å². The van der Waals surface area contributed by atoms with Gasteiger partial charge in [0, 0.05) is 24.2 Å². The van der Waals surface area contributed by atoms with Gasteiger partial charge in [-0.05, 0) is 52.7 Å². The third-order valence-electron chi connectivity index (χ3n) is 3.36. The van der Waals surface area contributed by atoms with Crippen LogP contribution in [0.2, 0.25) is 0 Å². The second-order valence-electron chi connectivity index (χ2n) is 6.97. The monoisotopic (exact) mass is 366 g/mol. The minimum Gasteiger partial charge on any atom is -0.444 e. The Kier molecular flexibility index (Phi) is 7.36. The maximum atomic E-state index is 11.5. The van der Waals surface area contributed by atoms with E-state index in [0.29, 0.717) is 25.1 Å². The number of hydrogen-bond acceptors (Lipinski definition) is 6. The fraction of sp³-hybridized carbons (Fsp3) is 0.529. The number of ether oxygens (including phenoxy) is 1. The summed E-state index contributed by atoms with van der Waals surface area (Å²) >= 11 is 0. The molecule has 9 nitrogen and oxygen atoms in total. The van der Waals surface area contributed by atoms with Gasteiger partial charge in [0.25, 0.3) is 5.69 Å². The lowest BCUT2D eigenvalue weighted by Gasteiger charge is -2.20. The third kappa shape index (κ3) is 7.37. The summed E-state index contributed by atoms with van der Waals surface area (Å²) in [6.07, 6.45) is 0.862. The third-order valence-corrected chi connectivity index (χ3v) is 3.36. The molecule has 1 rings (SSSR count). The van der Waals surface area contributed by atoms with Gasteiger partial charge in [-0.1, -0.05) is 0 Å². The van der Waals surface area contributed by atoms with Crippen LogP contribution in [0.5, 0.6) is 0 Å². The van der Waals surface area contributed by atoms with Crippen molar-refractivity contribution >= 4 is 23.4 Å². The van der Waals surface area contributed by atoms with Gasteiger partial charge in [0.15, 0.2) is 0 Å². The molecule has 0 fully saturated rings. The zero-order valence-corrected chi connectivity index (χ0v) is 15.5. The smallest absolute Gasteiger partial charge is 0.407 e. The summed E-state index contributed by atoms with van der Waals surface area (Å²) in [4.78, 5) is 33.3. The molecule has 26 heavy (non-hydrogen) atoms. The molecular weight excluding hydrogens is 340 g/mol. The minimum atomic E-state index is -0.721. The number of rotatable bonds is 8. The number of hydrogen-bond donors (Lipinski definition) is 3. The first-order valence-corrected chi connectivity index (χ1v) is 8.31. The van der Waals surface area contributed by atoms with Crippen LogP contribution in [0.25, 0.3) is 0 Å². The first kappa shape index (κ1) is 21.2. The highest BCUT2D eigenvalue weighted by Gasteiger charge is 2.18. The lowest BCUT2D eigenvalue weighted by molar-refractivity contribution is -0.384. The zero-order valence-electron chi connectivity index (χ0n) is 15.5. The highest BCUT2D eigenvalue weighted by molar-refractivity contribution is 5.94. The number of benzene rings is 1. The number of nitrogens with one attached hydrogen (secondary N) is 2. The molecule has 4 N–H and O–H groups in total. The number of nitro benzene ring substituents is 1. The number of nitrogens with two attached hydrogens (primary N) is 1. The topological polar surface area (TPSA) is 137 Å². The van der Waals surface area contributed by atoms with Crippen molar-refractivity contribution in [3.05, 3.63) is 33.9 Å². The highest BCUT2D eigenvalue weighted by Crippen LogP contribution is 2.26. The van der Waals surface area contributed by atoms with Crippen molar-refractivity contribution < 1.29 is 19.2 Å². The summed E-state index contributed by atoms with van der Waals surface area (Å²) in [7, 11) is 0. The molecule has 0 saturated carbocycles. The number of nitrogens with zero attached hydrogens (tertiary/aromatic N) is 1. The van der Waals surface area contributed by atoms with E-state index in [0.717, 1.165) is 6.07 Å². The Morgan fingerprint density at radius 3 is 2.54 bits per heavy atom. The first-order valence-electron chi connectivity index (χ1n) is 8.31. The first-order chi connectivity index (χ1) is 12.0. The predicted octanol–water partition coefficient (Wildman–Crippen LogP) is 2.80. The van der Waals surface area contributed by atoms with E-state index in [9.17, 15) is 19.7 Å². The Morgan fingerprint density at radius 2 is 2.00 bits per heavy atom. The number of carbonyl (C=O) groups excluding carboxylic acids is 2. The number of nitro groups is 1. The Labute approximate surface area is 152 Å². The fourth-order valence-electron chi connectivity index (χ4n) is 2.21. The number of anilines is 1. The van der Waals surface area contributed by atoms with Gasteiger partial charge in [-0.25, -0.2) is 4.79 Å². The fourth-order valence-corrected chi connectivity index (χ4v) is 2.21. The Hall–Kier alpha value is -2.84. The Bertz CT molecular complexity index is 670. The maximum Gasteiger partial charge on any atom is 0.407 e. The van der Waals surface area contributed by atoms with E-state index >= 15 is 0 Å². The van der Waals surface area contributed by atoms with Gasteiger partial charge in [-0.3, -0.25) is 14.9 Å². The van der Waals surface area contributed by atoms with E-state index in [2.05, 4.69) is 10.6 Å². The van der Waals surface area contributed by atoms with Crippen LogP contribution >= 0.6 is 0 Å². The van der Waals surface area contributed by atoms with Gasteiger partial charge in [0.2, 0.25) is 5.91 Å². The van der Waals surface area contributed by atoms with Gasteiger partial charge in [-0.2, -0.15) is 0 Å². The average molecular weight is 366 g/mol. The van der Waals surface area contributed by atoms with Crippen molar-refractivity contribution in [1.29, 1.82) is 0 Å². The van der Waals surface area contributed by atoms with Crippen molar-refractivity contribution in [1.82, 2.24) is 5.32 Å². The minimum absolute atomic E-state index is 0.0754. The van der Waals surface area contributed by atoms with Crippen molar-refractivity contribution in [2.24, 2.45) is 5.73 Å². The molecule has 0 heterocycles. The molecule has 0 spiro atoms. The lowest BCUT2D eigenvalue weighted by Crippen LogP contribution is -2.33. The number of amides is 2. The van der Waals surface area contributed by atoms with Crippen molar-refractivity contribution in [3.8, 4) is 0 Å². The molecular formula is C17H26N4O5. The van der Waals surface area contributed by atoms with E-state index in [1.165, 1.54) is 12.1 Å². The summed E-state index contributed by atoms with van der Waals surface area (Å²) < 4.78 is 5.13. The van der Waals surface area contributed by atoms with E-state index in [4.69, 9.17) is 10.5 Å². The maximum absolute atomic E-state index is 11.5. The van der Waals surface area contributed by atoms with Crippen LogP contribution in [-0.4, -0.2) is 35.1 Å². The van der Waals surface area contributed by atoms with Crippen LogP contribution in [0.15, 0.2) is 18.2 Å². The second kappa shape index (κ2) is 9.02. The highest BCUT2D eigenvalue weighted by atomic mass is 16.6. The molecule has 0 radical (unpaired) electrons. The summed E-state index contributed by atoms with van der Waals surface area (Å²) in [5.41, 5.74) is 4.79. The van der Waals surface area contributed by atoms with E-state index in [-0.39, 0.29) is 17.3 Å². The van der Waals surface area contributed by atoms with Crippen LogP contribution in [0.4, 0.5) is 16.2 Å². The summed E-state index contributed by atoms with van der Waals surface area (Å²) in [6.45, 7) is 7.67. The van der Waals surface area contributed by atoms with Crippen molar-refractivity contribution in [2.45, 2.75) is 52.2 Å². The van der Waals surface area contributed by atoms with Gasteiger partial charge in [0.1, 0.15) is 11.3 Å². The van der Waals surface area contributed by atoms with Gasteiger partial charge in [-0.15, -0.1) is 0 Å². The SMILES string of the molecule is CC(CCCNC(=O)OC(C)(C)C)Nc1ccc(C(N)=O)cc1[N+](=O)[O-]. The molecule has 2 amide bonds. The molecule has 0 aromatic heterocycles. The predicted molar refractivity (Wildman–Crippen MR) is 98.2 cm³/mol. The molecule has 0 aliphatic rings. The molecule has 0 saturated heterocycles.